The molecule has 0 aromatic carbocycles. The third-order valence-corrected chi connectivity index (χ3v) is 2.76. The Labute approximate surface area is 97.4 Å². The lowest BCUT2D eigenvalue weighted by atomic mass is 10.2. The average Bonchev–Trinajstić information content (AvgIpc) is 2.40. The molecule has 0 aliphatic rings. The summed E-state index contributed by atoms with van der Waals surface area (Å²) in [5.41, 5.74) is 2.56. The Bertz CT molecular complexity index is 358. The topological polar surface area (TPSA) is 17.8 Å². The minimum atomic E-state index is -4.09. The second-order valence-corrected chi connectivity index (χ2v) is 3.99. The summed E-state index contributed by atoms with van der Waals surface area (Å²) in [6, 6.07) is 0. The Morgan fingerprint density at radius 3 is 2.38 bits per heavy atom. The molecule has 0 N–H and O–H groups in total. The molecule has 0 fully saturated rings. The largest absolute Gasteiger partial charge is 0.389 e. The molecule has 0 saturated heterocycles. The first-order chi connectivity index (χ1) is 7.35. The van der Waals surface area contributed by atoms with E-state index in [4.69, 9.17) is 11.6 Å². The lowest BCUT2D eigenvalue weighted by Gasteiger charge is -2.07. The van der Waals surface area contributed by atoms with Crippen LogP contribution >= 0.6 is 11.6 Å². The summed E-state index contributed by atoms with van der Waals surface area (Å²) in [6.07, 6.45) is -4.82. The van der Waals surface area contributed by atoms with Crippen molar-refractivity contribution in [1.82, 2.24) is 9.78 Å². The van der Waals surface area contributed by atoms with Crippen molar-refractivity contribution in [3.05, 3.63) is 17.0 Å². The van der Waals surface area contributed by atoms with Gasteiger partial charge in [-0.1, -0.05) is 0 Å². The van der Waals surface area contributed by atoms with E-state index in [1.54, 1.807) is 4.68 Å². The van der Waals surface area contributed by atoms with E-state index in [-0.39, 0.29) is 13.0 Å². The van der Waals surface area contributed by atoms with E-state index in [9.17, 15) is 13.2 Å². The van der Waals surface area contributed by atoms with Crippen LogP contribution in [-0.4, -0.2) is 16.0 Å². The van der Waals surface area contributed by atoms with E-state index in [1.807, 2.05) is 13.8 Å². The first-order valence-corrected chi connectivity index (χ1v) is 5.54. The van der Waals surface area contributed by atoms with Crippen molar-refractivity contribution in [1.29, 1.82) is 0 Å². The number of alkyl halides is 4. The molecule has 0 spiro atoms. The summed E-state index contributed by atoms with van der Waals surface area (Å²) >= 11 is 5.72. The van der Waals surface area contributed by atoms with Gasteiger partial charge in [0.05, 0.1) is 11.6 Å². The molecule has 1 aromatic rings. The van der Waals surface area contributed by atoms with Gasteiger partial charge in [0.2, 0.25) is 0 Å². The highest BCUT2D eigenvalue weighted by atomic mass is 35.5. The molecular weight excluding hydrogens is 241 g/mol. The number of hydrogen-bond acceptors (Lipinski definition) is 1. The molecular formula is C10H14ClF3N2. The molecule has 16 heavy (non-hydrogen) atoms. The zero-order valence-electron chi connectivity index (χ0n) is 9.23. The zero-order valence-corrected chi connectivity index (χ0v) is 9.99. The van der Waals surface area contributed by atoms with Gasteiger partial charge in [0.1, 0.15) is 0 Å². The van der Waals surface area contributed by atoms with Gasteiger partial charge in [-0.25, -0.2) is 0 Å². The second kappa shape index (κ2) is 5.08. The molecule has 1 heterocycles. The molecule has 1 rings (SSSR count). The molecule has 92 valence electrons. The first-order valence-electron chi connectivity index (χ1n) is 5.00. The predicted molar refractivity (Wildman–Crippen MR) is 56.5 cm³/mol. The van der Waals surface area contributed by atoms with E-state index in [2.05, 4.69) is 5.10 Å². The van der Waals surface area contributed by atoms with Crippen LogP contribution in [0.4, 0.5) is 13.2 Å². The summed E-state index contributed by atoms with van der Waals surface area (Å²) in [4.78, 5) is 0. The lowest BCUT2D eigenvalue weighted by Crippen LogP contribution is -2.10. The van der Waals surface area contributed by atoms with Crippen molar-refractivity contribution < 1.29 is 13.2 Å². The Balaban J connectivity index is 2.61. The fourth-order valence-electron chi connectivity index (χ4n) is 1.57. The van der Waals surface area contributed by atoms with Crippen LogP contribution in [-0.2, 0) is 12.4 Å². The minimum Gasteiger partial charge on any atom is -0.269 e. The molecule has 0 unspecified atom stereocenters. The Morgan fingerprint density at radius 1 is 1.31 bits per heavy atom. The summed E-state index contributed by atoms with van der Waals surface area (Å²) < 4.78 is 37.5. The molecule has 0 atom stereocenters. The number of halogens is 4. The van der Waals surface area contributed by atoms with Crippen LogP contribution in [0.2, 0.25) is 0 Å². The lowest BCUT2D eigenvalue weighted by molar-refractivity contribution is -0.136. The highest BCUT2D eigenvalue weighted by molar-refractivity contribution is 6.17. The van der Waals surface area contributed by atoms with E-state index >= 15 is 0 Å². The number of aromatic nitrogens is 2. The summed E-state index contributed by atoms with van der Waals surface area (Å²) in [7, 11) is 0. The fourth-order valence-corrected chi connectivity index (χ4v) is 1.96. The number of hydrogen-bond donors (Lipinski definition) is 0. The van der Waals surface area contributed by atoms with E-state index < -0.39 is 12.6 Å². The maximum atomic E-state index is 12.0. The Morgan fingerprint density at radius 2 is 1.94 bits per heavy atom. The second-order valence-electron chi connectivity index (χ2n) is 3.72. The van der Waals surface area contributed by atoms with E-state index in [0.29, 0.717) is 5.88 Å². The quantitative estimate of drug-likeness (QED) is 0.751. The van der Waals surface area contributed by atoms with Gasteiger partial charge < -0.3 is 0 Å². The van der Waals surface area contributed by atoms with Gasteiger partial charge in [0.15, 0.2) is 0 Å². The SMILES string of the molecule is Cc1nn(CCCC(F)(F)F)c(C)c1CCl. The molecule has 0 aliphatic carbocycles. The maximum Gasteiger partial charge on any atom is 0.389 e. The monoisotopic (exact) mass is 254 g/mol. The maximum absolute atomic E-state index is 12.0. The van der Waals surface area contributed by atoms with Gasteiger partial charge in [0, 0.05) is 24.2 Å². The van der Waals surface area contributed by atoms with Crippen molar-refractivity contribution >= 4 is 11.6 Å². The Kier molecular flexibility index (Phi) is 4.24. The van der Waals surface area contributed by atoms with Crippen LogP contribution < -0.4 is 0 Å². The van der Waals surface area contributed by atoms with Crippen LogP contribution in [0.3, 0.4) is 0 Å². The van der Waals surface area contributed by atoms with Crippen LogP contribution in [0.1, 0.15) is 29.8 Å². The zero-order chi connectivity index (χ0) is 12.3. The first kappa shape index (κ1) is 13.4. The third kappa shape index (κ3) is 3.40. The van der Waals surface area contributed by atoms with Gasteiger partial charge in [-0.2, -0.15) is 18.3 Å². The molecule has 2 nitrogen and oxygen atoms in total. The number of aryl methyl sites for hydroxylation is 2. The highest BCUT2D eigenvalue weighted by Crippen LogP contribution is 2.22. The third-order valence-electron chi connectivity index (χ3n) is 2.50. The van der Waals surface area contributed by atoms with Crippen molar-refractivity contribution in [3.63, 3.8) is 0 Å². The minimum absolute atomic E-state index is 0.0488. The van der Waals surface area contributed by atoms with Crippen LogP contribution in [0.15, 0.2) is 0 Å². The van der Waals surface area contributed by atoms with Gasteiger partial charge in [-0.05, 0) is 20.3 Å². The average molecular weight is 255 g/mol. The van der Waals surface area contributed by atoms with E-state index in [0.717, 1.165) is 17.0 Å². The number of nitrogens with zero attached hydrogens (tertiary/aromatic N) is 2. The predicted octanol–water partition coefficient (Wildman–Crippen LogP) is 3.58. The van der Waals surface area contributed by atoms with Crippen LogP contribution in [0.25, 0.3) is 0 Å². The molecule has 0 saturated carbocycles. The van der Waals surface area contributed by atoms with Gasteiger partial charge in [0.25, 0.3) is 0 Å². The molecule has 0 amide bonds. The molecule has 6 heteroatoms. The molecule has 0 aliphatic heterocycles. The van der Waals surface area contributed by atoms with E-state index in [1.165, 1.54) is 0 Å². The van der Waals surface area contributed by atoms with Gasteiger partial charge in [-0.15, -0.1) is 11.6 Å². The van der Waals surface area contributed by atoms with Gasteiger partial charge in [-0.3, -0.25) is 4.68 Å². The molecule has 0 radical (unpaired) electrons. The number of rotatable bonds is 4. The smallest absolute Gasteiger partial charge is 0.269 e. The summed E-state index contributed by atoms with van der Waals surface area (Å²) in [5.74, 6) is 0.344. The Hall–Kier alpha value is -0.710. The van der Waals surface area contributed by atoms with Crippen molar-refractivity contribution in [2.75, 3.05) is 0 Å². The fraction of sp³-hybridized carbons (Fsp3) is 0.700. The highest BCUT2D eigenvalue weighted by Gasteiger charge is 2.26. The molecule has 0 bridgehead atoms. The van der Waals surface area contributed by atoms with Crippen molar-refractivity contribution in [2.45, 2.75) is 45.3 Å². The van der Waals surface area contributed by atoms with Gasteiger partial charge >= 0.3 is 6.18 Å². The standard InChI is InChI=1S/C10H14ClF3N2/c1-7-9(6-11)8(2)16(15-7)5-3-4-10(12,13)14/h3-6H2,1-2H3. The summed E-state index contributed by atoms with van der Waals surface area (Å²) in [6.45, 7) is 3.92. The van der Waals surface area contributed by atoms with Crippen LogP contribution in [0, 0.1) is 13.8 Å². The van der Waals surface area contributed by atoms with Crippen molar-refractivity contribution in [3.8, 4) is 0 Å². The van der Waals surface area contributed by atoms with Crippen molar-refractivity contribution in [2.24, 2.45) is 0 Å². The van der Waals surface area contributed by atoms with Crippen LogP contribution in [0.5, 0.6) is 0 Å². The summed E-state index contributed by atoms with van der Waals surface area (Å²) in [5, 5.41) is 4.17. The normalized spacial score (nSPS) is 12.1. The molecule has 1 aromatic heterocycles.